The number of methoxy groups -OCH3 is 2. The molecule has 4 rings (SSSR count). The maximum atomic E-state index is 5.47. The molecule has 1 aliphatic carbocycles. The first-order valence-corrected chi connectivity index (χ1v) is 7.62. The summed E-state index contributed by atoms with van der Waals surface area (Å²) in [5, 5.41) is 3.55. The molecule has 2 heterocycles. The normalized spacial score (nSPS) is 25.6. The van der Waals surface area contributed by atoms with E-state index in [4.69, 9.17) is 14.5 Å². The number of hydrogen-bond acceptors (Lipinski definition) is 4. The van der Waals surface area contributed by atoms with Gasteiger partial charge in [-0.25, -0.2) is 4.98 Å². The number of nitrogens with one attached hydrogen (secondary N) is 1. The summed E-state index contributed by atoms with van der Waals surface area (Å²) in [6.45, 7) is 0.901. The van der Waals surface area contributed by atoms with Gasteiger partial charge in [-0.05, 0) is 31.4 Å². The summed E-state index contributed by atoms with van der Waals surface area (Å²) < 4.78 is 13.2. The molecule has 0 spiro atoms. The molecule has 2 fully saturated rings. The van der Waals surface area contributed by atoms with Crippen molar-refractivity contribution in [3.05, 3.63) is 24.0 Å². The summed E-state index contributed by atoms with van der Waals surface area (Å²) in [6, 6.07) is 7.08. The zero-order chi connectivity index (χ0) is 14.4. The van der Waals surface area contributed by atoms with Gasteiger partial charge in [-0.2, -0.15) is 0 Å². The van der Waals surface area contributed by atoms with Crippen LogP contribution in [0.4, 0.5) is 0 Å². The Balaban J connectivity index is 1.78. The lowest BCUT2D eigenvalue weighted by Crippen LogP contribution is -2.18. The van der Waals surface area contributed by atoms with Gasteiger partial charge in [0.2, 0.25) is 0 Å². The van der Waals surface area contributed by atoms with Crippen molar-refractivity contribution in [1.82, 2.24) is 14.9 Å². The van der Waals surface area contributed by atoms with Crippen LogP contribution in [0.3, 0.4) is 0 Å². The zero-order valence-corrected chi connectivity index (χ0v) is 12.5. The summed E-state index contributed by atoms with van der Waals surface area (Å²) in [4.78, 5) is 4.90. The summed E-state index contributed by atoms with van der Waals surface area (Å²) in [5.41, 5.74) is 2.25. The SMILES string of the molecule is COc1ccc2c(c1)nc(C1CC(OC)CN1)n2C1CC1. The van der Waals surface area contributed by atoms with Gasteiger partial charge >= 0.3 is 0 Å². The van der Waals surface area contributed by atoms with E-state index in [2.05, 4.69) is 16.0 Å². The van der Waals surface area contributed by atoms with Crippen LogP contribution in [0.15, 0.2) is 18.2 Å². The predicted octanol–water partition coefficient (Wildman–Crippen LogP) is 2.43. The lowest BCUT2D eigenvalue weighted by Gasteiger charge is -2.13. The lowest BCUT2D eigenvalue weighted by atomic mass is 10.2. The number of fused-ring (bicyclic) bond motifs is 1. The minimum absolute atomic E-state index is 0.286. The van der Waals surface area contributed by atoms with Crippen LogP contribution in [0.2, 0.25) is 0 Å². The monoisotopic (exact) mass is 287 g/mol. The highest BCUT2D eigenvalue weighted by Gasteiger charge is 2.34. The number of hydrogen-bond donors (Lipinski definition) is 1. The first-order valence-electron chi connectivity index (χ1n) is 7.62. The average Bonchev–Trinajstić information content (AvgIpc) is 3.12. The zero-order valence-electron chi connectivity index (χ0n) is 12.5. The molecule has 1 aromatic carbocycles. The quantitative estimate of drug-likeness (QED) is 0.938. The molecule has 0 amide bonds. The topological polar surface area (TPSA) is 48.3 Å². The van der Waals surface area contributed by atoms with Crippen LogP contribution >= 0.6 is 0 Å². The van der Waals surface area contributed by atoms with Gasteiger partial charge in [-0.3, -0.25) is 0 Å². The average molecular weight is 287 g/mol. The fourth-order valence-electron chi connectivity index (χ4n) is 3.27. The van der Waals surface area contributed by atoms with Crippen molar-refractivity contribution in [2.24, 2.45) is 0 Å². The smallest absolute Gasteiger partial charge is 0.127 e. The van der Waals surface area contributed by atoms with Crippen molar-refractivity contribution >= 4 is 11.0 Å². The molecular formula is C16H21N3O2. The number of rotatable bonds is 4. The Bertz CT molecular complexity index is 663. The van der Waals surface area contributed by atoms with Crippen LogP contribution in [0.1, 0.15) is 37.2 Å². The second kappa shape index (κ2) is 5.00. The number of imidazole rings is 1. The van der Waals surface area contributed by atoms with Crippen LogP contribution in [0.25, 0.3) is 11.0 Å². The predicted molar refractivity (Wildman–Crippen MR) is 80.7 cm³/mol. The van der Waals surface area contributed by atoms with Gasteiger partial charge in [0.1, 0.15) is 11.6 Å². The third kappa shape index (κ3) is 2.21. The number of ether oxygens (including phenoxy) is 2. The summed E-state index contributed by atoms with van der Waals surface area (Å²) >= 11 is 0. The summed E-state index contributed by atoms with van der Waals surface area (Å²) in [6.07, 6.45) is 3.79. The summed E-state index contributed by atoms with van der Waals surface area (Å²) in [5.74, 6) is 2.02. The minimum atomic E-state index is 0.286. The van der Waals surface area contributed by atoms with Gasteiger partial charge in [0.25, 0.3) is 0 Å². The molecule has 5 nitrogen and oxygen atoms in total. The first-order chi connectivity index (χ1) is 10.3. The molecule has 2 aliphatic rings. The Labute approximate surface area is 124 Å². The van der Waals surface area contributed by atoms with Gasteiger partial charge in [0.05, 0.1) is 30.3 Å². The highest BCUT2D eigenvalue weighted by Crippen LogP contribution is 2.41. The Morgan fingerprint density at radius 2 is 2.14 bits per heavy atom. The molecule has 1 N–H and O–H groups in total. The van der Waals surface area contributed by atoms with E-state index in [0.717, 1.165) is 30.1 Å². The largest absolute Gasteiger partial charge is 0.497 e. The van der Waals surface area contributed by atoms with Crippen LogP contribution in [-0.2, 0) is 4.74 Å². The van der Waals surface area contributed by atoms with E-state index in [0.29, 0.717) is 6.04 Å². The van der Waals surface area contributed by atoms with E-state index in [1.54, 1.807) is 14.2 Å². The maximum Gasteiger partial charge on any atom is 0.127 e. The highest BCUT2D eigenvalue weighted by molar-refractivity contribution is 5.78. The number of aromatic nitrogens is 2. The van der Waals surface area contributed by atoms with Gasteiger partial charge in [0, 0.05) is 25.8 Å². The van der Waals surface area contributed by atoms with E-state index < -0.39 is 0 Å². The second-order valence-corrected chi connectivity index (χ2v) is 5.98. The fourth-order valence-corrected chi connectivity index (χ4v) is 3.27. The van der Waals surface area contributed by atoms with Gasteiger partial charge in [-0.15, -0.1) is 0 Å². The Morgan fingerprint density at radius 1 is 1.29 bits per heavy atom. The fraction of sp³-hybridized carbons (Fsp3) is 0.562. The van der Waals surface area contributed by atoms with Crippen LogP contribution in [0.5, 0.6) is 5.75 Å². The molecular weight excluding hydrogens is 266 g/mol. The summed E-state index contributed by atoms with van der Waals surface area (Å²) in [7, 11) is 3.48. The molecule has 1 saturated heterocycles. The van der Waals surface area contributed by atoms with Gasteiger partial charge in [0.15, 0.2) is 0 Å². The van der Waals surface area contributed by atoms with Crippen LogP contribution in [-0.4, -0.2) is 36.4 Å². The number of nitrogens with zero attached hydrogens (tertiary/aromatic N) is 2. The van der Waals surface area contributed by atoms with Crippen molar-refractivity contribution in [3.63, 3.8) is 0 Å². The molecule has 0 radical (unpaired) electrons. The van der Waals surface area contributed by atoms with Gasteiger partial charge < -0.3 is 19.4 Å². The maximum absolute atomic E-state index is 5.47. The molecule has 0 bridgehead atoms. The standard InChI is InChI=1S/C16H21N3O2/c1-20-11-5-6-15-13(7-11)18-16(19(15)10-3-4-10)14-8-12(21-2)9-17-14/h5-7,10,12,14,17H,3-4,8-9H2,1-2H3. The third-order valence-electron chi connectivity index (χ3n) is 4.57. The Hall–Kier alpha value is -1.59. The van der Waals surface area contributed by atoms with E-state index >= 15 is 0 Å². The second-order valence-electron chi connectivity index (χ2n) is 5.98. The molecule has 21 heavy (non-hydrogen) atoms. The van der Waals surface area contributed by atoms with Crippen LogP contribution < -0.4 is 10.1 Å². The highest BCUT2D eigenvalue weighted by atomic mass is 16.5. The van der Waals surface area contributed by atoms with Gasteiger partial charge in [-0.1, -0.05) is 0 Å². The van der Waals surface area contributed by atoms with E-state index in [9.17, 15) is 0 Å². The van der Waals surface area contributed by atoms with Crippen molar-refractivity contribution < 1.29 is 9.47 Å². The minimum Gasteiger partial charge on any atom is -0.497 e. The van der Waals surface area contributed by atoms with Crippen molar-refractivity contribution in [2.75, 3.05) is 20.8 Å². The van der Waals surface area contributed by atoms with Crippen molar-refractivity contribution in [1.29, 1.82) is 0 Å². The van der Waals surface area contributed by atoms with Crippen LogP contribution in [0, 0.1) is 0 Å². The van der Waals surface area contributed by atoms with E-state index in [1.807, 2.05) is 12.1 Å². The van der Waals surface area contributed by atoms with Crippen molar-refractivity contribution in [3.8, 4) is 5.75 Å². The Kier molecular flexibility index (Phi) is 3.12. The van der Waals surface area contributed by atoms with E-state index in [-0.39, 0.29) is 12.1 Å². The molecule has 1 aliphatic heterocycles. The molecule has 2 atom stereocenters. The van der Waals surface area contributed by atoms with Crippen molar-refractivity contribution in [2.45, 2.75) is 37.5 Å². The first kappa shape index (κ1) is 13.1. The number of benzene rings is 1. The third-order valence-corrected chi connectivity index (χ3v) is 4.57. The van der Waals surface area contributed by atoms with E-state index in [1.165, 1.54) is 18.4 Å². The molecule has 1 aromatic heterocycles. The Morgan fingerprint density at radius 3 is 2.81 bits per heavy atom. The lowest BCUT2D eigenvalue weighted by molar-refractivity contribution is 0.117. The molecule has 112 valence electrons. The molecule has 5 heteroatoms. The molecule has 2 unspecified atom stereocenters. The molecule has 2 aromatic rings. The molecule has 1 saturated carbocycles.